The Kier molecular flexibility index (Phi) is 11.5. The second-order valence-corrected chi connectivity index (χ2v) is 14.7. The molecule has 2 aliphatic carbocycles. The van der Waals surface area contributed by atoms with Gasteiger partial charge in [-0.15, -0.1) is 0 Å². The Morgan fingerprint density at radius 2 is 1.21 bits per heavy atom. The van der Waals surface area contributed by atoms with E-state index in [2.05, 4.69) is 88.7 Å². The number of alkyl halides is 3. The van der Waals surface area contributed by atoms with Gasteiger partial charge in [0.1, 0.15) is 6.54 Å². The van der Waals surface area contributed by atoms with Crippen LogP contribution in [0.15, 0.2) is 103 Å². The van der Waals surface area contributed by atoms with Gasteiger partial charge in [0, 0.05) is 51.4 Å². The van der Waals surface area contributed by atoms with E-state index in [9.17, 15) is 18.0 Å². The van der Waals surface area contributed by atoms with Gasteiger partial charge in [0.15, 0.2) is 10.1 Å². The van der Waals surface area contributed by atoms with E-state index < -0.39 is 15.6 Å². The Hall–Kier alpha value is -4.51. The molecule has 1 amide bonds. The molecule has 7 rings (SSSR count). The first-order chi connectivity index (χ1) is 24.9. The molecule has 1 heterocycles. The van der Waals surface area contributed by atoms with Crippen molar-refractivity contribution < 1.29 is 35.5 Å². The van der Waals surface area contributed by atoms with Crippen molar-refractivity contribution in [1.29, 1.82) is 0 Å². The van der Waals surface area contributed by atoms with Crippen molar-refractivity contribution in [2.75, 3.05) is 6.54 Å². The molecule has 4 aromatic carbocycles. The molecule has 6 nitrogen and oxygen atoms in total. The minimum Gasteiger partial charge on any atom is -0.741 e. The molecular weight excluding hydrogens is 709 g/mol. The Balaban J connectivity index is 0.000000522. The minimum atomic E-state index is -6.09. The third kappa shape index (κ3) is 8.25. The number of carbonyl (C=O) groups excluding carboxylic acids is 1. The highest BCUT2D eigenvalue weighted by atomic mass is 35.5. The van der Waals surface area contributed by atoms with Gasteiger partial charge in [-0.2, -0.15) is 17.7 Å². The zero-order chi connectivity index (χ0) is 36.9. The predicted molar refractivity (Wildman–Crippen MR) is 196 cm³/mol. The second kappa shape index (κ2) is 16.0. The van der Waals surface area contributed by atoms with E-state index in [0.717, 1.165) is 57.9 Å². The van der Waals surface area contributed by atoms with Gasteiger partial charge in [0.2, 0.25) is 11.4 Å². The van der Waals surface area contributed by atoms with Crippen LogP contribution in [-0.4, -0.2) is 30.9 Å². The molecule has 0 atom stereocenters. The topological polar surface area (TPSA) is 90.2 Å². The van der Waals surface area contributed by atoms with Crippen LogP contribution in [0, 0.1) is 0 Å². The molecule has 0 bridgehead atoms. The number of fused-ring (bicyclic) bond motifs is 6. The maximum atomic E-state index is 12.5. The molecule has 0 saturated carbocycles. The number of hydrogen-bond donors (Lipinski definition) is 1. The van der Waals surface area contributed by atoms with Crippen LogP contribution in [0.1, 0.15) is 58.3 Å². The van der Waals surface area contributed by atoms with E-state index in [0.29, 0.717) is 17.1 Å². The van der Waals surface area contributed by atoms with Gasteiger partial charge in [-0.1, -0.05) is 84.8 Å². The highest BCUT2D eigenvalue weighted by molar-refractivity contribution is 7.86. The van der Waals surface area contributed by atoms with Crippen LogP contribution in [0.4, 0.5) is 13.2 Å². The monoisotopic (exact) mass is 746 g/mol. The summed E-state index contributed by atoms with van der Waals surface area (Å²) in [5, 5.41) is 3.71. The van der Waals surface area contributed by atoms with Crippen LogP contribution in [0.3, 0.4) is 0 Å². The predicted octanol–water partition coefficient (Wildman–Crippen LogP) is 8.87. The summed E-state index contributed by atoms with van der Waals surface area (Å²) in [5.74, 6) is -0.0358. The lowest BCUT2D eigenvalue weighted by atomic mass is 9.77. The fourth-order valence-corrected chi connectivity index (χ4v) is 7.37. The van der Waals surface area contributed by atoms with Crippen molar-refractivity contribution in [2.24, 2.45) is 0 Å². The smallest absolute Gasteiger partial charge is 0.485 e. The van der Waals surface area contributed by atoms with Crippen LogP contribution in [-0.2, 0) is 42.3 Å². The highest BCUT2D eigenvalue weighted by Crippen LogP contribution is 2.44. The molecule has 0 aliphatic heterocycles. The summed E-state index contributed by atoms with van der Waals surface area (Å²) in [6, 6.07) is 36.2. The Labute approximate surface area is 307 Å². The zero-order valence-electron chi connectivity index (χ0n) is 28.4. The third-order valence-electron chi connectivity index (χ3n) is 9.60. The van der Waals surface area contributed by atoms with Gasteiger partial charge in [0.05, 0.1) is 0 Å². The quantitative estimate of drug-likeness (QED) is 0.0707. The third-order valence-corrected chi connectivity index (χ3v) is 10.4. The number of hydrogen-bond acceptors (Lipinski definition) is 4. The molecule has 270 valence electrons. The number of amides is 1. The minimum absolute atomic E-state index is 0.0358. The van der Waals surface area contributed by atoms with Crippen molar-refractivity contribution in [1.82, 2.24) is 5.32 Å². The highest BCUT2D eigenvalue weighted by Gasteiger charge is 2.38. The number of benzene rings is 4. The SMILES string of the molecule is O=C(NCCCCCC[n+]1c2c(c(-c3ccccc3)c3c1-c1ccccc1CC3)CCc1ccccc1-2)c1ccc(Cl)cc1.O=S(=O)([O-])C(F)(F)F. The molecule has 11 heteroatoms. The summed E-state index contributed by atoms with van der Waals surface area (Å²) in [6.07, 6.45) is 8.58. The zero-order valence-corrected chi connectivity index (χ0v) is 30.0. The van der Waals surface area contributed by atoms with E-state index in [1.165, 1.54) is 55.9 Å². The number of unbranched alkanes of at least 4 members (excludes halogenated alkanes) is 3. The average Bonchev–Trinajstić information content (AvgIpc) is 3.13. The first-order valence-electron chi connectivity index (χ1n) is 17.3. The summed E-state index contributed by atoms with van der Waals surface area (Å²) < 4.78 is 61.6. The molecule has 1 N–H and O–H groups in total. The van der Waals surface area contributed by atoms with Crippen molar-refractivity contribution in [3.63, 3.8) is 0 Å². The molecule has 0 unspecified atom stereocenters. The lowest BCUT2D eigenvalue weighted by molar-refractivity contribution is -0.676. The summed E-state index contributed by atoms with van der Waals surface area (Å²) in [7, 11) is -6.09. The summed E-state index contributed by atoms with van der Waals surface area (Å²) in [5.41, 5.74) is 9.35. The second-order valence-electron chi connectivity index (χ2n) is 12.9. The standard InChI is InChI=1S/C40H37ClN2O.CHF3O3S/c41-32-22-18-31(19-23-32)40(44)42-26-10-1-2-11-27-43-38-33-16-8-6-12-28(33)20-24-35(38)37(30-14-4-3-5-15-30)36-25-21-29-13-7-9-17-34(29)39(36)43;2-1(3,4)8(5,6)7/h3-9,12-19,22-23H,1-2,10-11,20-21,24-27H2;(H,5,6,7). The number of nitrogens with one attached hydrogen (secondary N) is 1. The Morgan fingerprint density at radius 3 is 1.75 bits per heavy atom. The fourth-order valence-electron chi connectivity index (χ4n) is 7.25. The summed E-state index contributed by atoms with van der Waals surface area (Å²) in [4.78, 5) is 12.5. The number of halogens is 4. The van der Waals surface area contributed by atoms with Crippen molar-refractivity contribution >= 4 is 27.6 Å². The molecule has 0 fully saturated rings. The van der Waals surface area contributed by atoms with E-state index in [1.54, 1.807) is 24.3 Å². The summed E-state index contributed by atoms with van der Waals surface area (Å²) in [6.45, 7) is 1.67. The molecule has 5 aromatic rings. The van der Waals surface area contributed by atoms with Crippen LogP contribution in [0.5, 0.6) is 0 Å². The lowest BCUT2D eigenvalue weighted by Gasteiger charge is -2.28. The van der Waals surface area contributed by atoms with Crippen LogP contribution < -0.4 is 9.88 Å². The number of pyridine rings is 1. The van der Waals surface area contributed by atoms with Crippen molar-refractivity contribution in [2.45, 2.75) is 63.4 Å². The van der Waals surface area contributed by atoms with Gasteiger partial charge in [-0.3, -0.25) is 4.79 Å². The van der Waals surface area contributed by atoms with Crippen LogP contribution in [0.2, 0.25) is 5.02 Å². The molecule has 0 spiro atoms. The van der Waals surface area contributed by atoms with Crippen LogP contribution in [0.25, 0.3) is 33.6 Å². The number of aryl methyl sites for hydroxylation is 2. The Bertz CT molecular complexity index is 2100. The molecule has 0 radical (unpaired) electrons. The maximum absolute atomic E-state index is 12.5. The van der Waals surface area contributed by atoms with E-state index in [4.69, 9.17) is 24.6 Å². The first-order valence-corrected chi connectivity index (χ1v) is 19.1. The first kappa shape index (κ1) is 37.3. The molecule has 52 heavy (non-hydrogen) atoms. The van der Waals surface area contributed by atoms with Gasteiger partial charge < -0.3 is 9.87 Å². The van der Waals surface area contributed by atoms with Crippen LogP contribution >= 0.6 is 11.6 Å². The molecule has 2 aliphatic rings. The number of carbonyl (C=O) groups is 1. The van der Waals surface area contributed by atoms with E-state index in [-0.39, 0.29) is 5.91 Å². The molecule has 1 aromatic heterocycles. The summed E-state index contributed by atoms with van der Waals surface area (Å²) >= 11 is 5.97. The number of aromatic nitrogens is 1. The average molecular weight is 747 g/mol. The van der Waals surface area contributed by atoms with Gasteiger partial charge in [-0.25, -0.2) is 8.42 Å². The van der Waals surface area contributed by atoms with Gasteiger partial charge in [-0.05, 0) is 91.6 Å². The lowest BCUT2D eigenvalue weighted by Crippen LogP contribution is -2.43. The fraction of sp³-hybridized carbons (Fsp3) is 0.268. The van der Waals surface area contributed by atoms with E-state index >= 15 is 0 Å². The maximum Gasteiger partial charge on any atom is 0.485 e. The Morgan fingerprint density at radius 1 is 0.712 bits per heavy atom. The number of rotatable bonds is 9. The molecule has 0 saturated heterocycles. The van der Waals surface area contributed by atoms with Gasteiger partial charge >= 0.3 is 5.51 Å². The largest absolute Gasteiger partial charge is 0.741 e. The number of nitrogens with zero attached hydrogens (tertiary/aromatic N) is 1. The molecular formula is C41H38ClF3N2O4S. The normalized spacial score (nSPS) is 13.1. The van der Waals surface area contributed by atoms with Crippen molar-refractivity contribution in [3.8, 4) is 33.6 Å². The van der Waals surface area contributed by atoms with E-state index in [1.807, 2.05) is 0 Å². The van der Waals surface area contributed by atoms with Gasteiger partial charge in [0.25, 0.3) is 5.91 Å². The van der Waals surface area contributed by atoms with Crippen molar-refractivity contribution in [3.05, 3.63) is 136 Å².